The van der Waals surface area contributed by atoms with Gasteiger partial charge in [-0.2, -0.15) is 0 Å². The van der Waals surface area contributed by atoms with Crippen LogP contribution < -0.4 is 15.4 Å². The van der Waals surface area contributed by atoms with E-state index < -0.39 is 21.7 Å². The maximum Gasteiger partial charge on any atom is 0.439 e. The van der Waals surface area contributed by atoms with E-state index in [1.807, 2.05) is 0 Å². The Hall–Kier alpha value is -4.18. The van der Waals surface area contributed by atoms with Gasteiger partial charge in [-0.05, 0) is 48.5 Å². The number of aromatic nitrogens is 2. The van der Waals surface area contributed by atoms with Gasteiger partial charge in [-0.3, -0.25) is 18.6 Å². The second-order valence-corrected chi connectivity index (χ2v) is 8.78. The molecule has 0 atom stereocenters. The van der Waals surface area contributed by atoms with E-state index in [-0.39, 0.29) is 16.3 Å². The number of H-pyrrole nitrogens is 1. The molecule has 162 valence electrons. The number of sulfonamides is 1. The van der Waals surface area contributed by atoms with E-state index in [0.29, 0.717) is 16.9 Å². The van der Waals surface area contributed by atoms with Crippen molar-refractivity contribution in [2.75, 3.05) is 16.7 Å². The fourth-order valence-electron chi connectivity index (χ4n) is 3.01. The van der Waals surface area contributed by atoms with Gasteiger partial charge in [0.25, 0.3) is 15.9 Å². The Bertz CT molecular complexity index is 1410. The first kappa shape index (κ1) is 21.1. The number of amides is 1. The second kappa shape index (κ2) is 8.52. The van der Waals surface area contributed by atoms with Crippen molar-refractivity contribution in [2.24, 2.45) is 0 Å². The van der Waals surface area contributed by atoms with Gasteiger partial charge in [0, 0.05) is 23.9 Å². The fraction of sp³-hybridized carbons (Fsp3) is 0.0455. The summed E-state index contributed by atoms with van der Waals surface area (Å²) in [5, 5.41) is 6.35. The molecule has 4 aromatic rings. The summed E-state index contributed by atoms with van der Waals surface area (Å²) in [7, 11) is -2.30. The molecule has 1 heterocycles. The molecule has 0 saturated heterocycles. The predicted molar refractivity (Wildman–Crippen MR) is 119 cm³/mol. The molecular weight excluding hydrogens is 432 g/mol. The highest BCUT2D eigenvalue weighted by Crippen LogP contribution is 2.23. The van der Waals surface area contributed by atoms with Crippen LogP contribution in [0.4, 0.5) is 11.4 Å². The lowest BCUT2D eigenvalue weighted by molar-refractivity contribution is 0.102. The molecule has 3 aromatic carbocycles. The highest BCUT2D eigenvalue weighted by molar-refractivity contribution is 7.92. The number of hydrogen-bond acceptors (Lipinski definition) is 6. The number of hydrogen-bond donors (Lipinski definition) is 2. The van der Waals surface area contributed by atoms with E-state index in [1.54, 1.807) is 54.6 Å². The van der Waals surface area contributed by atoms with Gasteiger partial charge in [-0.25, -0.2) is 13.2 Å². The molecule has 0 aliphatic carbocycles. The summed E-state index contributed by atoms with van der Waals surface area (Å²) in [4.78, 5) is 26.3. The van der Waals surface area contributed by atoms with Gasteiger partial charge in [0.2, 0.25) is 0 Å². The Balaban J connectivity index is 1.51. The summed E-state index contributed by atoms with van der Waals surface area (Å²) in [5.41, 5.74) is 1.84. The van der Waals surface area contributed by atoms with E-state index >= 15 is 0 Å². The molecular formula is C22H18N4O5S. The SMILES string of the molecule is CN(c1ccccc1)S(=O)(=O)c1ccc(C(=O)Nc2cccc(-c3noc(=O)[nH]3)c2)cc1. The number of carbonyl (C=O) groups is 1. The lowest BCUT2D eigenvalue weighted by Gasteiger charge is -2.19. The first-order valence-electron chi connectivity index (χ1n) is 9.46. The van der Waals surface area contributed by atoms with Gasteiger partial charge in [-0.1, -0.05) is 35.5 Å². The number of aromatic amines is 1. The van der Waals surface area contributed by atoms with Crippen molar-refractivity contribution in [3.8, 4) is 11.4 Å². The number of anilines is 2. The normalized spacial score (nSPS) is 11.2. The summed E-state index contributed by atoms with van der Waals surface area (Å²) in [6.45, 7) is 0. The monoisotopic (exact) mass is 450 g/mol. The zero-order valence-corrected chi connectivity index (χ0v) is 17.7. The van der Waals surface area contributed by atoms with E-state index in [4.69, 9.17) is 0 Å². The summed E-state index contributed by atoms with van der Waals surface area (Å²) in [5.74, 6) is -0.859. The van der Waals surface area contributed by atoms with Gasteiger partial charge in [-0.15, -0.1) is 0 Å². The fourth-order valence-corrected chi connectivity index (χ4v) is 4.21. The highest BCUT2D eigenvalue weighted by Gasteiger charge is 2.21. The van der Waals surface area contributed by atoms with E-state index in [2.05, 4.69) is 20.0 Å². The molecule has 0 fully saturated rings. The number of nitrogens with zero attached hydrogens (tertiary/aromatic N) is 2. The largest absolute Gasteiger partial charge is 0.439 e. The summed E-state index contributed by atoms with van der Waals surface area (Å²) in [6.07, 6.45) is 0. The first-order valence-corrected chi connectivity index (χ1v) is 10.9. The summed E-state index contributed by atoms with van der Waals surface area (Å²) >= 11 is 0. The summed E-state index contributed by atoms with van der Waals surface area (Å²) < 4.78 is 31.4. The maximum atomic E-state index is 12.9. The Morgan fingerprint density at radius 1 is 1.00 bits per heavy atom. The molecule has 0 bridgehead atoms. The number of rotatable bonds is 6. The Morgan fingerprint density at radius 2 is 1.72 bits per heavy atom. The molecule has 0 aliphatic heterocycles. The van der Waals surface area contributed by atoms with Crippen LogP contribution in [0.2, 0.25) is 0 Å². The van der Waals surface area contributed by atoms with Crippen LogP contribution in [0.3, 0.4) is 0 Å². The quantitative estimate of drug-likeness (QED) is 0.465. The highest BCUT2D eigenvalue weighted by atomic mass is 32.2. The van der Waals surface area contributed by atoms with Crippen LogP contribution in [0.15, 0.2) is 93.1 Å². The molecule has 1 aromatic heterocycles. The van der Waals surface area contributed by atoms with Crippen molar-refractivity contribution in [3.63, 3.8) is 0 Å². The molecule has 0 aliphatic rings. The van der Waals surface area contributed by atoms with Crippen LogP contribution in [-0.2, 0) is 10.0 Å². The van der Waals surface area contributed by atoms with Crippen LogP contribution in [0.1, 0.15) is 10.4 Å². The lowest BCUT2D eigenvalue weighted by atomic mass is 10.1. The molecule has 1 amide bonds. The molecule has 2 N–H and O–H groups in total. The van der Waals surface area contributed by atoms with Crippen molar-refractivity contribution < 1.29 is 17.7 Å². The van der Waals surface area contributed by atoms with E-state index in [0.717, 1.165) is 0 Å². The molecule has 10 heteroatoms. The minimum Gasteiger partial charge on any atom is -0.322 e. The van der Waals surface area contributed by atoms with Crippen molar-refractivity contribution in [2.45, 2.75) is 4.90 Å². The zero-order chi connectivity index (χ0) is 22.7. The standard InChI is InChI=1S/C22H18N4O5S/c1-26(18-8-3-2-4-9-18)32(29,30)19-12-10-15(11-13-19)21(27)23-17-7-5-6-16(14-17)20-24-22(28)31-25-20/h2-14H,1H3,(H,23,27)(H,24,25,28). The van der Waals surface area contributed by atoms with Gasteiger partial charge in [0.15, 0.2) is 5.82 Å². The molecule has 0 spiro atoms. The van der Waals surface area contributed by atoms with E-state index in [1.165, 1.54) is 35.6 Å². The Kier molecular flexibility index (Phi) is 5.61. The van der Waals surface area contributed by atoms with E-state index in [9.17, 15) is 18.0 Å². The third-order valence-electron chi connectivity index (χ3n) is 4.73. The van der Waals surface area contributed by atoms with Gasteiger partial charge in [0.05, 0.1) is 10.6 Å². The van der Waals surface area contributed by atoms with Gasteiger partial charge >= 0.3 is 5.76 Å². The second-order valence-electron chi connectivity index (χ2n) is 6.81. The Labute approximate surface area is 183 Å². The smallest absolute Gasteiger partial charge is 0.322 e. The minimum absolute atomic E-state index is 0.0670. The number of carbonyl (C=O) groups excluding carboxylic acids is 1. The number of para-hydroxylation sites is 1. The Morgan fingerprint density at radius 3 is 2.38 bits per heavy atom. The van der Waals surface area contributed by atoms with Crippen molar-refractivity contribution in [3.05, 3.63) is 95.0 Å². The van der Waals surface area contributed by atoms with Crippen LogP contribution in [0.25, 0.3) is 11.4 Å². The van der Waals surface area contributed by atoms with Crippen molar-refractivity contribution in [1.29, 1.82) is 0 Å². The topological polar surface area (TPSA) is 125 Å². The average Bonchev–Trinajstić information content (AvgIpc) is 3.25. The molecule has 32 heavy (non-hydrogen) atoms. The van der Waals surface area contributed by atoms with Crippen molar-refractivity contribution >= 4 is 27.3 Å². The average molecular weight is 450 g/mol. The van der Waals surface area contributed by atoms with Gasteiger partial charge in [0.1, 0.15) is 0 Å². The zero-order valence-electron chi connectivity index (χ0n) is 16.8. The van der Waals surface area contributed by atoms with Crippen LogP contribution in [-0.4, -0.2) is 31.5 Å². The molecule has 4 rings (SSSR count). The molecule has 0 unspecified atom stereocenters. The first-order chi connectivity index (χ1) is 15.3. The predicted octanol–water partition coefficient (Wildman–Crippen LogP) is 3.11. The number of benzene rings is 3. The minimum atomic E-state index is -3.77. The van der Waals surface area contributed by atoms with Crippen LogP contribution in [0, 0.1) is 0 Å². The lowest BCUT2D eigenvalue weighted by Crippen LogP contribution is -2.26. The van der Waals surface area contributed by atoms with Crippen LogP contribution in [0.5, 0.6) is 0 Å². The third-order valence-corrected chi connectivity index (χ3v) is 6.53. The van der Waals surface area contributed by atoms with Crippen molar-refractivity contribution in [1.82, 2.24) is 10.1 Å². The molecule has 0 radical (unpaired) electrons. The molecule has 0 saturated carbocycles. The number of nitrogens with one attached hydrogen (secondary N) is 2. The third kappa shape index (κ3) is 4.30. The van der Waals surface area contributed by atoms with Crippen LogP contribution >= 0.6 is 0 Å². The van der Waals surface area contributed by atoms with Gasteiger partial charge < -0.3 is 5.32 Å². The summed E-state index contributed by atoms with van der Waals surface area (Å²) in [6, 6.07) is 21.1. The maximum absolute atomic E-state index is 12.9. The molecule has 9 nitrogen and oxygen atoms in total.